The highest BCUT2D eigenvalue weighted by Crippen LogP contribution is 2.45. The van der Waals surface area contributed by atoms with E-state index in [2.05, 4.69) is 19.9 Å². The van der Waals surface area contributed by atoms with E-state index in [1.54, 1.807) is 0 Å². The number of fused-ring (bicyclic) bond motifs is 3. The topological polar surface area (TPSA) is 32.7 Å². The summed E-state index contributed by atoms with van der Waals surface area (Å²) in [6.07, 6.45) is 4.32. The minimum Gasteiger partial charge on any atom is -0.390 e. The third-order valence-electron chi connectivity index (χ3n) is 4.42. The number of hydrogen-bond acceptors (Lipinski definition) is 3. The lowest BCUT2D eigenvalue weighted by Gasteiger charge is -2.42. The van der Waals surface area contributed by atoms with Crippen molar-refractivity contribution in [2.45, 2.75) is 44.9 Å². The first-order chi connectivity index (χ1) is 9.32. The Morgan fingerprint density at radius 1 is 1.25 bits per heavy atom. The largest absolute Gasteiger partial charge is 0.390 e. The molecule has 1 saturated heterocycles. The van der Waals surface area contributed by atoms with Crippen molar-refractivity contribution < 1.29 is 9.94 Å². The first-order valence-corrected chi connectivity index (χ1v) is 7.31. The van der Waals surface area contributed by atoms with Gasteiger partial charge in [-0.15, -0.1) is 0 Å². The van der Waals surface area contributed by atoms with Gasteiger partial charge in [-0.1, -0.05) is 31.5 Å². The molecule has 0 radical (unpaired) electrons. The Labute approximate surface area is 124 Å². The van der Waals surface area contributed by atoms with Gasteiger partial charge in [-0.2, -0.15) is 0 Å². The average molecular weight is 294 g/mol. The fourth-order valence-corrected chi connectivity index (χ4v) is 3.16. The molecule has 0 saturated carbocycles. The summed E-state index contributed by atoms with van der Waals surface area (Å²) in [4.78, 5) is 6.13. The van der Waals surface area contributed by atoms with Crippen molar-refractivity contribution in [3.8, 4) is 0 Å². The zero-order chi connectivity index (χ0) is 14.5. The molecule has 0 unspecified atom stereocenters. The first-order valence-electron chi connectivity index (χ1n) is 6.93. The van der Waals surface area contributed by atoms with Gasteiger partial charge in [0.1, 0.15) is 5.60 Å². The lowest BCUT2D eigenvalue weighted by Crippen LogP contribution is -2.49. The van der Waals surface area contributed by atoms with Gasteiger partial charge in [0.15, 0.2) is 0 Å². The van der Waals surface area contributed by atoms with E-state index < -0.39 is 11.7 Å². The summed E-state index contributed by atoms with van der Waals surface area (Å²) in [6.45, 7) is 6.25. The second-order valence-corrected chi connectivity index (χ2v) is 7.03. The number of benzene rings is 1. The third kappa shape index (κ3) is 2.14. The Bertz CT molecular complexity index is 540. The molecule has 20 heavy (non-hydrogen) atoms. The Kier molecular flexibility index (Phi) is 3.12. The maximum Gasteiger partial charge on any atom is 0.137 e. The van der Waals surface area contributed by atoms with Gasteiger partial charge in [0.05, 0.1) is 17.8 Å². The number of halogens is 1. The van der Waals surface area contributed by atoms with Crippen molar-refractivity contribution in [3.63, 3.8) is 0 Å². The summed E-state index contributed by atoms with van der Waals surface area (Å²) >= 11 is 5.96. The second kappa shape index (κ2) is 4.48. The number of hydrogen-bond donors (Lipinski definition) is 1. The lowest BCUT2D eigenvalue weighted by atomic mass is 9.79. The number of hydroxylamine groups is 1. The Balaban J connectivity index is 2.05. The van der Waals surface area contributed by atoms with Crippen molar-refractivity contribution in [1.82, 2.24) is 0 Å². The highest BCUT2D eigenvalue weighted by atomic mass is 35.5. The fraction of sp³-hybridized carbons (Fsp3) is 0.500. The van der Waals surface area contributed by atoms with Crippen LogP contribution in [-0.2, 0) is 4.84 Å². The number of aliphatic hydroxyl groups excluding tert-OH is 1. The van der Waals surface area contributed by atoms with Crippen molar-refractivity contribution >= 4 is 17.3 Å². The Morgan fingerprint density at radius 2 is 1.90 bits per heavy atom. The van der Waals surface area contributed by atoms with Crippen LogP contribution in [0, 0.1) is 5.41 Å². The quantitative estimate of drug-likeness (QED) is 0.804. The number of nitrogens with zero attached hydrogens (tertiary/aromatic N) is 1. The van der Waals surface area contributed by atoms with E-state index in [1.807, 2.05) is 42.3 Å². The molecule has 1 aromatic rings. The molecule has 0 spiro atoms. The second-order valence-electron chi connectivity index (χ2n) is 6.59. The molecular weight excluding hydrogens is 274 g/mol. The molecule has 3 aliphatic rings. The van der Waals surface area contributed by atoms with Crippen LogP contribution in [0.3, 0.4) is 0 Å². The minimum atomic E-state index is -0.677. The molecule has 2 aliphatic heterocycles. The Morgan fingerprint density at radius 3 is 2.55 bits per heavy atom. The van der Waals surface area contributed by atoms with Crippen LogP contribution in [0.4, 0.5) is 5.69 Å². The van der Waals surface area contributed by atoms with Crippen molar-refractivity contribution in [1.29, 1.82) is 0 Å². The zero-order valence-electron chi connectivity index (χ0n) is 12.0. The highest BCUT2D eigenvalue weighted by molar-refractivity contribution is 6.30. The van der Waals surface area contributed by atoms with Gasteiger partial charge in [-0.05, 0) is 49.1 Å². The summed E-state index contributed by atoms with van der Waals surface area (Å²) in [6, 6.07) is 7.70. The molecule has 3 atom stereocenters. The summed E-state index contributed by atoms with van der Waals surface area (Å²) in [7, 11) is 0. The molecule has 1 aromatic carbocycles. The molecular formula is C16H20ClNO2. The lowest BCUT2D eigenvalue weighted by molar-refractivity contribution is -0.0887. The van der Waals surface area contributed by atoms with E-state index in [0.29, 0.717) is 11.4 Å². The molecule has 1 fully saturated rings. The van der Waals surface area contributed by atoms with Crippen LogP contribution in [0.5, 0.6) is 0 Å². The zero-order valence-corrected chi connectivity index (χ0v) is 12.8. The molecule has 4 rings (SSSR count). The van der Waals surface area contributed by atoms with Crippen LogP contribution in [-0.4, -0.2) is 22.9 Å². The van der Waals surface area contributed by atoms with E-state index in [1.165, 1.54) is 0 Å². The molecule has 2 heterocycles. The van der Waals surface area contributed by atoms with E-state index in [9.17, 15) is 5.11 Å². The van der Waals surface area contributed by atoms with Crippen LogP contribution in [0.25, 0.3) is 0 Å². The standard InChI is InChI=1S/C16H20ClNO2/c1-15(2)10-14(19)16(3)9-8-13(15)18(20-16)12-6-4-11(17)5-7-12/h4-9,13-14,19H,10H2,1-3H3/t13-,14+,16+/m1/s1. The predicted molar refractivity (Wildman–Crippen MR) is 80.8 cm³/mol. The van der Waals surface area contributed by atoms with Crippen LogP contribution in [0.15, 0.2) is 36.4 Å². The molecule has 1 N–H and O–H groups in total. The van der Waals surface area contributed by atoms with Crippen LogP contribution in [0.2, 0.25) is 5.02 Å². The summed E-state index contributed by atoms with van der Waals surface area (Å²) in [5.74, 6) is 0. The van der Waals surface area contributed by atoms with Crippen LogP contribution in [0.1, 0.15) is 27.2 Å². The van der Waals surface area contributed by atoms with E-state index in [0.717, 1.165) is 5.69 Å². The van der Waals surface area contributed by atoms with Gasteiger partial charge < -0.3 is 5.11 Å². The molecule has 4 heteroatoms. The highest BCUT2D eigenvalue weighted by Gasteiger charge is 2.50. The smallest absolute Gasteiger partial charge is 0.137 e. The maximum absolute atomic E-state index is 10.5. The molecule has 1 aliphatic carbocycles. The summed E-state index contributed by atoms with van der Waals surface area (Å²) < 4.78 is 0. The van der Waals surface area contributed by atoms with Gasteiger partial charge >= 0.3 is 0 Å². The predicted octanol–water partition coefficient (Wildman–Crippen LogP) is 3.57. The van der Waals surface area contributed by atoms with Crippen LogP contribution < -0.4 is 5.06 Å². The molecule has 108 valence electrons. The third-order valence-corrected chi connectivity index (χ3v) is 4.67. The molecule has 3 nitrogen and oxygen atoms in total. The van der Waals surface area contributed by atoms with Crippen molar-refractivity contribution in [2.75, 3.05) is 5.06 Å². The molecule has 2 bridgehead atoms. The van der Waals surface area contributed by atoms with E-state index in [-0.39, 0.29) is 11.5 Å². The SMILES string of the molecule is CC1(C)C[C@H](O)[C@]2(C)C=C[C@H]1N(c1ccc(Cl)cc1)O2. The normalized spacial score (nSPS) is 35.1. The van der Waals surface area contributed by atoms with Crippen molar-refractivity contribution in [3.05, 3.63) is 41.4 Å². The fourth-order valence-electron chi connectivity index (χ4n) is 3.03. The van der Waals surface area contributed by atoms with Crippen LogP contribution >= 0.6 is 11.6 Å². The van der Waals surface area contributed by atoms with E-state index in [4.69, 9.17) is 16.4 Å². The minimum absolute atomic E-state index is 0.0796. The Hall–Kier alpha value is -1.03. The number of rotatable bonds is 1. The van der Waals surface area contributed by atoms with Gasteiger partial charge in [0.25, 0.3) is 0 Å². The van der Waals surface area contributed by atoms with E-state index >= 15 is 0 Å². The summed E-state index contributed by atoms with van der Waals surface area (Å²) in [5.41, 5.74) is 0.199. The van der Waals surface area contributed by atoms with Crippen molar-refractivity contribution in [2.24, 2.45) is 5.41 Å². The molecule has 0 amide bonds. The number of anilines is 1. The molecule has 0 aromatic heterocycles. The van der Waals surface area contributed by atoms with Gasteiger partial charge in [-0.3, -0.25) is 4.84 Å². The first kappa shape index (κ1) is 13.9. The number of aliphatic hydroxyl groups is 1. The van der Waals surface area contributed by atoms with Gasteiger partial charge in [-0.25, -0.2) is 5.06 Å². The van der Waals surface area contributed by atoms with Gasteiger partial charge in [0.2, 0.25) is 0 Å². The monoisotopic (exact) mass is 293 g/mol. The average Bonchev–Trinajstić information content (AvgIpc) is 2.50. The maximum atomic E-state index is 10.5. The summed E-state index contributed by atoms with van der Waals surface area (Å²) in [5, 5.41) is 13.1. The van der Waals surface area contributed by atoms with Gasteiger partial charge in [0, 0.05) is 5.02 Å².